The summed E-state index contributed by atoms with van der Waals surface area (Å²) in [5.74, 6) is 1.01. The van der Waals surface area contributed by atoms with Crippen LogP contribution in [0.3, 0.4) is 0 Å². The molecular weight excluding hydrogens is 238 g/mol. The van der Waals surface area contributed by atoms with Crippen molar-refractivity contribution in [2.24, 2.45) is 5.73 Å². The summed E-state index contributed by atoms with van der Waals surface area (Å²) >= 11 is 1.91. The van der Waals surface area contributed by atoms with Gasteiger partial charge < -0.3 is 5.73 Å². The average molecular weight is 257 g/mol. The van der Waals surface area contributed by atoms with E-state index < -0.39 is 0 Å². The number of thioether (sulfide) groups is 1. The lowest BCUT2D eigenvalue weighted by Crippen LogP contribution is -2.09. The first-order chi connectivity index (χ1) is 8.79. The van der Waals surface area contributed by atoms with Crippen LogP contribution in [0.5, 0.6) is 0 Å². The highest BCUT2D eigenvalue weighted by molar-refractivity contribution is 7.98. The van der Waals surface area contributed by atoms with Crippen LogP contribution < -0.4 is 5.73 Å². The first-order valence-corrected chi connectivity index (χ1v) is 7.26. The van der Waals surface area contributed by atoms with Crippen LogP contribution >= 0.6 is 11.8 Å². The van der Waals surface area contributed by atoms with E-state index >= 15 is 0 Å². The van der Waals surface area contributed by atoms with Crippen LogP contribution in [0.15, 0.2) is 54.6 Å². The molecule has 2 rings (SSSR count). The molecule has 0 aromatic heterocycles. The third kappa shape index (κ3) is 3.62. The SMILES string of the molecule is Cc1cccc(CSC(CN)c2ccccc2)c1. The van der Waals surface area contributed by atoms with E-state index in [9.17, 15) is 0 Å². The highest BCUT2D eigenvalue weighted by Gasteiger charge is 2.09. The van der Waals surface area contributed by atoms with Gasteiger partial charge in [-0.3, -0.25) is 0 Å². The van der Waals surface area contributed by atoms with Gasteiger partial charge in [0.2, 0.25) is 0 Å². The number of benzene rings is 2. The number of hydrogen-bond acceptors (Lipinski definition) is 2. The van der Waals surface area contributed by atoms with Crippen molar-refractivity contribution < 1.29 is 0 Å². The van der Waals surface area contributed by atoms with E-state index in [0.29, 0.717) is 11.8 Å². The fourth-order valence-corrected chi connectivity index (χ4v) is 3.03. The number of aryl methyl sites for hydroxylation is 1. The summed E-state index contributed by atoms with van der Waals surface area (Å²) in [6.07, 6.45) is 0. The van der Waals surface area contributed by atoms with Crippen LogP contribution in [0.1, 0.15) is 21.9 Å². The van der Waals surface area contributed by atoms with E-state index in [4.69, 9.17) is 5.73 Å². The Morgan fingerprint density at radius 1 is 1.06 bits per heavy atom. The number of rotatable bonds is 5. The van der Waals surface area contributed by atoms with E-state index in [1.807, 2.05) is 17.8 Å². The molecule has 0 saturated carbocycles. The van der Waals surface area contributed by atoms with Gasteiger partial charge in [0.15, 0.2) is 0 Å². The van der Waals surface area contributed by atoms with Gasteiger partial charge >= 0.3 is 0 Å². The molecule has 2 N–H and O–H groups in total. The van der Waals surface area contributed by atoms with Crippen molar-refractivity contribution in [2.75, 3.05) is 6.54 Å². The maximum absolute atomic E-state index is 5.88. The molecule has 0 bridgehead atoms. The summed E-state index contributed by atoms with van der Waals surface area (Å²) in [5, 5.41) is 0.381. The van der Waals surface area contributed by atoms with Crippen LogP contribution in [0, 0.1) is 6.92 Å². The van der Waals surface area contributed by atoms with Gasteiger partial charge in [-0.15, -0.1) is 11.8 Å². The summed E-state index contributed by atoms with van der Waals surface area (Å²) in [7, 11) is 0. The Morgan fingerprint density at radius 2 is 1.83 bits per heavy atom. The van der Waals surface area contributed by atoms with Gasteiger partial charge in [-0.05, 0) is 18.1 Å². The Balaban J connectivity index is 2.00. The van der Waals surface area contributed by atoms with E-state index in [2.05, 4.69) is 55.5 Å². The summed E-state index contributed by atoms with van der Waals surface area (Å²) < 4.78 is 0. The molecule has 2 aromatic rings. The lowest BCUT2D eigenvalue weighted by Gasteiger charge is -2.15. The van der Waals surface area contributed by atoms with Crippen LogP contribution in [-0.4, -0.2) is 6.54 Å². The molecule has 0 aliphatic rings. The fourth-order valence-electron chi connectivity index (χ4n) is 1.97. The number of nitrogens with two attached hydrogens (primary N) is 1. The maximum atomic E-state index is 5.88. The van der Waals surface area contributed by atoms with Crippen molar-refractivity contribution in [2.45, 2.75) is 17.9 Å². The largest absolute Gasteiger partial charge is 0.329 e. The molecule has 1 atom stereocenters. The van der Waals surface area contributed by atoms with Crippen LogP contribution in [0.4, 0.5) is 0 Å². The van der Waals surface area contributed by atoms with E-state index in [0.717, 1.165) is 5.75 Å². The molecule has 0 radical (unpaired) electrons. The zero-order chi connectivity index (χ0) is 12.8. The molecule has 0 aliphatic carbocycles. The minimum absolute atomic E-state index is 0.381. The molecule has 18 heavy (non-hydrogen) atoms. The molecule has 0 amide bonds. The van der Waals surface area contributed by atoms with Crippen LogP contribution in [0.2, 0.25) is 0 Å². The Morgan fingerprint density at radius 3 is 2.50 bits per heavy atom. The molecule has 0 heterocycles. The monoisotopic (exact) mass is 257 g/mol. The normalized spacial score (nSPS) is 12.3. The smallest absolute Gasteiger partial charge is 0.0422 e. The van der Waals surface area contributed by atoms with Crippen molar-refractivity contribution >= 4 is 11.8 Å². The quantitative estimate of drug-likeness (QED) is 0.878. The predicted octanol–water partition coefficient (Wildman–Crippen LogP) is 3.93. The van der Waals surface area contributed by atoms with Crippen molar-refractivity contribution in [1.82, 2.24) is 0 Å². The standard InChI is InChI=1S/C16H19NS/c1-13-6-5-7-14(10-13)12-18-16(11-17)15-8-3-2-4-9-15/h2-10,16H,11-12,17H2,1H3. The van der Waals surface area contributed by atoms with Crippen molar-refractivity contribution in [1.29, 1.82) is 0 Å². The second kappa shape index (κ2) is 6.62. The highest BCUT2D eigenvalue weighted by Crippen LogP contribution is 2.30. The molecule has 1 unspecified atom stereocenters. The fraction of sp³-hybridized carbons (Fsp3) is 0.250. The molecule has 2 aromatic carbocycles. The summed E-state index contributed by atoms with van der Waals surface area (Å²) in [5.41, 5.74) is 9.88. The molecule has 94 valence electrons. The Kier molecular flexibility index (Phi) is 4.85. The number of hydrogen-bond donors (Lipinski definition) is 1. The minimum Gasteiger partial charge on any atom is -0.329 e. The van der Waals surface area contributed by atoms with Gasteiger partial charge in [0.25, 0.3) is 0 Å². The van der Waals surface area contributed by atoms with E-state index in [-0.39, 0.29) is 0 Å². The highest BCUT2D eigenvalue weighted by atomic mass is 32.2. The third-order valence-corrected chi connectivity index (χ3v) is 4.29. The Bertz CT molecular complexity index is 481. The zero-order valence-corrected chi connectivity index (χ0v) is 11.5. The summed E-state index contributed by atoms with van der Waals surface area (Å²) in [6.45, 7) is 2.81. The molecule has 0 fully saturated rings. The molecule has 2 heteroatoms. The Labute approximate surface area is 113 Å². The van der Waals surface area contributed by atoms with Gasteiger partial charge in [0, 0.05) is 17.5 Å². The van der Waals surface area contributed by atoms with Gasteiger partial charge in [-0.1, -0.05) is 60.2 Å². The van der Waals surface area contributed by atoms with Gasteiger partial charge in [0.1, 0.15) is 0 Å². The molecular formula is C16H19NS. The molecule has 0 saturated heterocycles. The van der Waals surface area contributed by atoms with Gasteiger partial charge in [-0.2, -0.15) is 0 Å². The zero-order valence-electron chi connectivity index (χ0n) is 10.7. The first kappa shape index (κ1) is 13.2. The molecule has 0 spiro atoms. The van der Waals surface area contributed by atoms with Crippen molar-refractivity contribution in [3.05, 3.63) is 71.3 Å². The molecule has 1 nitrogen and oxygen atoms in total. The lowest BCUT2D eigenvalue weighted by atomic mass is 10.1. The molecule has 0 aliphatic heterocycles. The van der Waals surface area contributed by atoms with E-state index in [1.54, 1.807) is 0 Å². The van der Waals surface area contributed by atoms with Gasteiger partial charge in [-0.25, -0.2) is 0 Å². The predicted molar refractivity (Wildman–Crippen MR) is 80.7 cm³/mol. The second-order valence-corrected chi connectivity index (χ2v) is 5.63. The minimum atomic E-state index is 0.381. The average Bonchev–Trinajstić information content (AvgIpc) is 2.41. The first-order valence-electron chi connectivity index (χ1n) is 6.22. The van der Waals surface area contributed by atoms with Crippen LogP contribution in [-0.2, 0) is 5.75 Å². The van der Waals surface area contributed by atoms with Gasteiger partial charge in [0.05, 0.1) is 0 Å². The summed E-state index contributed by atoms with van der Waals surface area (Å²) in [4.78, 5) is 0. The van der Waals surface area contributed by atoms with Crippen molar-refractivity contribution in [3.63, 3.8) is 0 Å². The Hall–Kier alpha value is -1.25. The maximum Gasteiger partial charge on any atom is 0.0422 e. The second-order valence-electron chi connectivity index (χ2n) is 4.44. The third-order valence-electron chi connectivity index (χ3n) is 2.92. The topological polar surface area (TPSA) is 26.0 Å². The van der Waals surface area contributed by atoms with Crippen LogP contribution in [0.25, 0.3) is 0 Å². The van der Waals surface area contributed by atoms with Crippen molar-refractivity contribution in [3.8, 4) is 0 Å². The lowest BCUT2D eigenvalue weighted by molar-refractivity contribution is 0.940. The summed E-state index contributed by atoms with van der Waals surface area (Å²) in [6, 6.07) is 19.2. The van der Waals surface area contributed by atoms with E-state index in [1.165, 1.54) is 16.7 Å².